The number of carbonyl (C=O) groups is 2. The topological polar surface area (TPSA) is 75.6 Å². The van der Waals surface area contributed by atoms with E-state index in [-0.39, 0.29) is 6.61 Å². The van der Waals surface area contributed by atoms with Crippen molar-refractivity contribution in [3.05, 3.63) is 12.7 Å². The Balaban J connectivity index is 4.07. The minimum atomic E-state index is -1.05. The first-order valence-corrected chi connectivity index (χ1v) is 5.24. The van der Waals surface area contributed by atoms with Gasteiger partial charge in [-0.1, -0.05) is 26.5 Å². The molecule has 92 valence electrons. The summed E-state index contributed by atoms with van der Waals surface area (Å²) in [4.78, 5) is 21.9. The monoisotopic (exact) mass is 229 g/mol. The van der Waals surface area contributed by atoms with Crippen LogP contribution in [0.3, 0.4) is 0 Å². The fourth-order valence-corrected chi connectivity index (χ4v) is 1.08. The van der Waals surface area contributed by atoms with Gasteiger partial charge in [-0.3, -0.25) is 0 Å². The molecule has 0 saturated carbocycles. The third-order valence-electron chi connectivity index (χ3n) is 1.96. The smallest absolute Gasteiger partial charge is 0.408 e. The van der Waals surface area contributed by atoms with E-state index in [2.05, 4.69) is 16.6 Å². The van der Waals surface area contributed by atoms with Crippen LogP contribution in [0.5, 0.6) is 0 Å². The molecule has 1 atom stereocenters. The largest absolute Gasteiger partial charge is 0.480 e. The minimum absolute atomic E-state index is 0.0718. The van der Waals surface area contributed by atoms with Crippen molar-refractivity contribution in [3.8, 4) is 0 Å². The molecule has 5 nitrogen and oxygen atoms in total. The number of hydrogen-bond acceptors (Lipinski definition) is 3. The lowest BCUT2D eigenvalue weighted by molar-refractivity contribution is -0.139. The normalized spacial score (nSPS) is 11.9. The summed E-state index contributed by atoms with van der Waals surface area (Å²) in [6, 6.07) is -0.889. The van der Waals surface area contributed by atoms with Crippen molar-refractivity contribution < 1.29 is 19.4 Å². The predicted molar refractivity (Wildman–Crippen MR) is 60.2 cm³/mol. The summed E-state index contributed by atoms with van der Waals surface area (Å²) < 4.78 is 4.65. The average molecular weight is 229 g/mol. The molecule has 0 spiro atoms. The Kier molecular flexibility index (Phi) is 7.00. The van der Waals surface area contributed by atoms with E-state index in [1.54, 1.807) is 0 Å². The van der Waals surface area contributed by atoms with Gasteiger partial charge < -0.3 is 15.2 Å². The van der Waals surface area contributed by atoms with Crippen molar-refractivity contribution in [3.63, 3.8) is 0 Å². The zero-order valence-electron chi connectivity index (χ0n) is 9.73. The average Bonchev–Trinajstić information content (AvgIpc) is 2.20. The van der Waals surface area contributed by atoms with E-state index in [1.807, 2.05) is 13.8 Å². The van der Waals surface area contributed by atoms with Crippen molar-refractivity contribution in [2.75, 3.05) is 6.61 Å². The quantitative estimate of drug-likeness (QED) is 0.652. The number of aliphatic carboxylic acids is 1. The molecule has 1 amide bonds. The predicted octanol–water partition coefficient (Wildman–Crippen LogP) is 1.79. The summed E-state index contributed by atoms with van der Waals surface area (Å²) in [6.45, 7) is 7.45. The number of carbonyl (C=O) groups excluding carboxylic acids is 1. The summed E-state index contributed by atoms with van der Waals surface area (Å²) in [5, 5.41) is 11.2. The van der Waals surface area contributed by atoms with E-state index in [1.165, 1.54) is 6.08 Å². The molecule has 0 aromatic heterocycles. The number of alkyl carbamates (subject to hydrolysis) is 1. The lowest BCUT2D eigenvalue weighted by atomic mass is 10.0. The zero-order valence-corrected chi connectivity index (χ0v) is 9.73. The maximum absolute atomic E-state index is 11.1. The lowest BCUT2D eigenvalue weighted by Gasteiger charge is -2.15. The van der Waals surface area contributed by atoms with Crippen molar-refractivity contribution in [2.45, 2.75) is 32.7 Å². The Bertz CT molecular complexity index is 250. The van der Waals surface area contributed by atoms with Crippen molar-refractivity contribution in [1.82, 2.24) is 5.32 Å². The van der Waals surface area contributed by atoms with Gasteiger partial charge in [0.1, 0.15) is 12.6 Å². The SMILES string of the molecule is C=CCOC(=O)NC(CCC(C)C)C(=O)O. The van der Waals surface area contributed by atoms with Crippen LogP contribution < -0.4 is 5.32 Å². The van der Waals surface area contributed by atoms with Crippen LogP contribution in [-0.2, 0) is 9.53 Å². The molecule has 0 saturated heterocycles. The molecule has 0 rings (SSSR count). The van der Waals surface area contributed by atoms with E-state index in [0.717, 1.165) is 6.42 Å². The van der Waals surface area contributed by atoms with Crippen LogP contribution >= 0.6 is 0 Å². The molecule has 0 heterocycles. The van der Waals surface area contributed by atoms with Gasteiger partial charge in [-0.15, -0.1) is 0 Å². The first-order valence-electron chi connectivity index (χ1n) is 5.24. The molecule has 0 aliphatic rings. The number of amides is 1. The van der Waals surface area contributed by atoms with Gasteiger partial charge in [0.25, 0.3) is 0 Å². The Hall–Kier alpha value is -1.52. The van der Waals surface area contributed by atoms with Crippen LogP contribution in [0.2, 0.25) is 0 Å². The van der Waals surface area contributed by atoms with Crippen LogP contribution in [0.4, 0.5) is 4.79 Å². The highest BCUT2D eigenvalue weighted by atomic mass is 16.5. The summed E-state index contributed by atoms with van der Waals surface area (Å²) in [5.41, 5.74) is 0. The molecule has 2 N–H and O–H groups in total. The summed E-state index contributed by atoms with van der Waals surface area (Å²) >= 11 is 0. The molecule has 0 bridgehead atoms. The van der Waals surface area contributed by atoms with Crippen LogP contribution in [0.25, 0.3) is 0 Å². The number of carboxylic acids is 1. The van der Waals surface area contributed by atoms with Crippen molar-refractivity contribution >= 4 is 12.1 Å². The molecule has 0 aromatic carbocycles. The van der Waals surface area contributed by atoms with Gasteiger partial charge in [0, 0.05) is 0 Å². The van der Waals surface area contributed by atoms with Crippen LogP contribution in [0.15, 0.2) is 12.7 Å². The number of rotatable bonds is 7. The van der Waals surface area contributed by atoms with Crippen LogP contribution in [0, 0.1) is 5.92 Å². The Morgan fingerprint density at radius 1 is 1.44 bits per heavy atom. The summed E-state index contributed by atoms with van der Waals surface area (Å²) in [5.74, 6) is -0.649. The fraction of sp³-hybridized carbons (Fsp3) is 0.636. The second-order valence-corrected chi connectivity index (χ2v) is 3.89. The number of hydrogen-bond donors (Lipinski definition) is 2. The molecular weight excluding hydrogens is 210 g/mol. The maximum Gasteiger partial charge on any atom is 0.408 e. The highest BCUT2D eigenvalue weighted by Crippen LogP contribution is 2.07. The first-order chi connectivity index (χ1) is 7.47. The van der Waals surface area contributed by atoms with Crippen LogP contribution in [0.1, 0.15) is 26.7 Å². The summed E-state index contributed by atoms with van der Waals surface area (Å²) in [7, 11) is 0. The number of nitrogens with one attached hydrogen (secondary N) is 1. The third kappa shape index (κ3) is 6.86. The fourth-order valence-electron chi connectivity index (χ4n) is 1.08. The molecule has 0 fully saturated rings. The van der Waals surface area contributed by atoms with Gasteiger partial charge in [-0.25, -0.2) is 9.59 Å². The van der Waals surface area contributed by atoms with E-state index in [0.29, 0.717) is 12.3 Å². The highest BCUT2D eigenvalue weighted by molar-refractivity contribution is 5.79. The molecule has 16 heavy (non-hydrogen) atoms. The van der Waals surface area contributed by atoms with Gasteiger partial charge >= 0.3 is 12.1 Å². The minimum Gasteiger partial charge on any atom is -0.480 e. The van der Waals surface area contributed by atoms with Gasteiger partial charge in [0.15, 0.2) is 0 Å². The van der Waals surface area contributed by atoms with E-state index < -0.39 is 18.1 Å². The van der Waals surface area contributed by atoms with Gasteiger partial charge in [0.05, 0.1) is 0 Å². The van der Waals surface area contributed by atoms with E-state index in [4.69, 9.17) is 5.11 Å². The van der Waals surface area contributed by atoms with Crippen molar-refractivity contribution in [1.29, 1.82) is 0 Å². The van der Waals surface area contributed by atoms with Crippen molar-refractivity contribution in [2.24, 2.45) is 5.92 Å². The molecular formula is C11H19NO4. The Morgan fingerprint density at radius 3 is 2.50 bits per heavy atom. The van der Waals surface area contributed by atoms with E-state index >= 15 is 0 Å². The third-order valence-corrected chi connectivity index (χ3v) is 1.96. The Labute approximate surface area is 95.5 Å². The van der Waals surface area contributed by atoms with Gasteiger partial charge in [0.2, 0.25) is 0 Å². The molecule has 0 aromatic rings. The Morgan fingerprint density at radius 2 is 2.06 bits per heavy atom. The zero-order chi connectivity index (χ0) is 12.6. The number of carboxylic acid groups (broad SMARTS) is 1. The van der Waals surface area contributed by atoms with Gasteiger partial charge in [-0.2, -0.15) is 0 Å². The lowest BCUT2D eigenvalue weighted by Crippen LogP contribution is -2.41. The molecule has 1 unspecified atom stereocenters. The number of ether oxygens (including phenoxy) is 1. The van der Waals surface area contributed by atoms with Crippen LogP contribution in [-0.4, -0.2) is 29.8 Å². The molecule has 0 radical (unpaired) electrons. The standard InChI is InChI=1S/C11H19NO4/c1-4-7-16-11(15)12-9(10(13)14)6-5-8(2)3/h4,8-9H,1,5-7H2,2-3H3,(H,12,15)(H,13,14). The molecule has 0 aliphatic heterocycles. The molecule has 0 aliphatic carbocycles. The second kappa shape index (κ2) is 7.73. The maximum atomic E-state index is 11.1. The van der Waals surface area contributed by atoms with Gasteiger partial charge in [-0.05, 0) is 18.8 Å². The molecule has 5 heteroatoms. The second-order valence-electron chi connectivity index (χ2n) is 3.89. The first kappa shape index (κ1) is 14.5. The van der Waals surface area contributed by atoms with E-state index in [9.17, 15) is 9.59 Å². The summed E-state index contributed by atoms with van der Waals surface area (Å²) in [6.07, 6.45) is 1.83. The highest BCUT2D eigenvalue weighted by Gasteiger charge is 2.20.